The molecule has 27 heavy (non-hydrogen) atoms. The van der Waals surface area contributed by atoms with Crippen LogP contribution in [0.1, 0.15) is 5.89 Å². The van der Waals surface area contributed by atoms with Gasteiger partial charge in [-0.05, 0) is 24.3 Å². The van der Waals surface area contributed by atoms with Gasteiger partial charge in [-0.1, -0.05) is 41.0 Å². The Morgan fingerprint density at radius 3 is 2.89 bits per heavy atom. The van der Waals surface area contributed by atoms with Gasteiger partial charge in [-0.3, -0.25) is 9.36 Å². The second-order valence-corrected chi connectivity index (χ2v) is 6.04. The molecule has 2 aromatic carbocycles. The van der Waals surface area contributed by atoms with E-state index in [2.05, 4.69) is 10.1 Å². The lowest BCUT2D eigenvalue weighted by Crippen LogP contribution is -2.21. The molecule has 0 saturated heterocycles. The third-order valence-electron chi connectivity index (χ3n) is 3.77. The summed E-state index contributed by atoms with van der Waals surface area (Å²) < 4.78 is 16.5. The number of hydrogen-bond acceptors (Lipinski definition) is 7. The van der Waals surface area contributed by atoms with Gasteiger partial charge >= 0.3 is 11.7 Å². The van der Waals surface area contributed by atoms with Crippen molar-refractivity contribution in [3.8, 4) is 11.4 Å². The fraction of sp³-hybridized carbons (Fsp3) is 0.111. The Balaban J connectivity index is 1.42. The van der Waals surface area contributed by atoms with E-state index in [0.717, 1.165) is 0 Å². The number of halogens is 1. The van der Waals surface area contributed by atoms with Crippen molar-refractivity contribution in [1.82, 2.24) is 14.7 Å². The van der Waals surface area contributed by atoms with Crippen LogP contribution in [0.3, 0.4) is 0 Å². The molecule has 0 spiro atoms. The maximum atomic E-state index is 12.1. The molecule has 2 heterocycles. The predicted octanol–water partition coefficient (Wildman–Crippen LogP) is 3.04. The average molecular weight is 386 g/mol. The highest BCUT2D eigenvalue weighted by atomic mass is 35.5. The van der Waals surface area contributed by atoms with E-state index in [1.165, 1.54) is 4.57 Å². The molecule has 0 radical (unpaired) electrons. The number of esters is 1. The van der Waals surface area contributed by atoms with Gasteiger partial charge in [0.1, 0.15) is 6.54 Å². The minimum atomic E-state index is -0.633. The van der Waals surface area contributed by atoms with Crippen molar-refractivity contribution in [2.45, 2.75) is 13.2 Å². The molecule has 0 aliphatic rings. The van der Waals surface area contributed by atoms with Crippen molar-refractivity contribution in [2.75, 3.05) is 0 Å². The van der Waals surface area contributed by atoms with Crippen LogP contribution in [0.4, 0.5) is 0 Å². The Hall–Kier alpha value is -3.39. The lowest BCUT2D eigenvalue weighted by Gasteiger charge is -2.02. The van der Waals surface area contributed by atoms with E-state index in [-0.39, 0.29) is 19.0 Å². The van der Waals surface area contributed by atoms with E-state index in [1.807, 2.05) is 0 Å². The normalized spacial score (nSPS) is 11.0. The summed E-state index contributed by atoms with van der Waals surface area (Å²) in [6.45, 7) is -0.498. The smallest absolute Gasteiger partial charge is 0.420 e. The van der Waals surface area contributed by atoms with Crippen molar-refractivity contribution in [3.63, 3.8) is 0 Å². The van der Waals surface area contributed by atoms with Crippen LogP contribution < -0.4 is 5.76 Å². The monoisotopic (exact) mass is 385 g/mol. The van der Waals surface area contributed by atoms with Gasteiger partial charge in [0.15, 0.2) is 12.2 Å². The molecule has 0 fully saturated rings. The van der Waals surface area contributed by atoms with Gasteiger partial charge in [-0.15, -0.1) is 0 Å². The molecule has 0 aliphatic carbocycles. The van der Waals surface area contributed by atoms with Gasteiger partial charge in [-0.25, -0.2) is 4.79 Å². The number of fused-ring (bicyclic) bond motifs is 1. The molecule has 8 nitrogen and oxygen atoms in total. The number of oxazole rings is 1. The highest BCUT2D eigenvalue weighted by Gasteiger charge is 2.15. The standard InChI is InChI=1S/C18H12ClN3O5/c19-12-5-3-4-11(8-12)17-20-15(27-21-17)10-25-16(23)9-22-13-6-1-2-7-14(13)26-18(22)24/h1-8H,9-10H2. The highest BCUT2D eigenvalue weighted by Crippen LogP contribution is 2.20. The zero-order valence-electron chi connectivity index (χ0n) is 13.8. The molecule has 0 N–H and O–H groups in total. The summed E-state index contributed by atoms with van der Waals surface area (Å²) in [5, 5.41) is 4.37. The zero-order chi connectivity index (χ0) is 18.8. The number of carbonyl (C=O) groups is 1. The molecule has 9 heteroatoms. The van der Waals surface area contributed by atoms with Crippen LogP contribution in [0.15, 0.2) is 62.3 Å². The third kappa shape index (κ3) is 3.61. The number of benzene rings is 2. The minimum Gasteiger partial charge on any atom is -0.454 e. The van der Waals surface area contributed by atoms with E-state index >= 15 is 0 Å². The predicted molar refractivity (Wildman–Crippen MR) is 95.0 cm³/mol. The second kappa shape index (κ2) is 7.08. The summed E-state index contributed by atoms with van der Waals surface area (Å²) in [6.07, 6.45) is 0. The fourth-order valence-electron chi connectivity index (χ4n) is 2.54. The molecule has 0 bridgehead atoms. The molecular formula is C18H12ClN3O5. The van der Waals surface area contributed by atoms with Crippen molar-refractivity contribution in [2.24, 2.45) is 0 Å². The van der Waals surface area contributed by atoms with Crippen LogP contribution in [0.5, 0.6) is 0 Å². The summed E-state index contributed by atoms with van der Waals surface area (Å²) in [5.41, 5.74) is 1.60. The SMILES string of the molecule is O=C(Cn1c(=O)oc2ccccc21)OCc1nc(-c2cccc(Cl)c2)no1. The van der Waals surface area contributed by atoms with Gasteiger partial charge in [0.2, 0.25) is 5.82 Å². The van der Waals surface area contributed by atoms with Crippen LogP contribution in [-0.4, -0.2) is 20.7 Å². The molecule has 0 atom stereocenters. The van der Waals surface area contributed by atoms with Crippen LogP contribution >= 0.6 is 11.6 Å². The first-order chi connectivity index (χ1) is 13.1. The lowest BCUT2D eigenvalue weighted by molar-refractivity contribution is -0.146. The topological polar surface area (TPSA) is 100 Å². The van der Waals surface area contributed by atoms with E-state index in [0.29, 0.717) is 27.5 Å². The number of ether oxygens (including phenoxy) is 1. The number of hydrogen-bond donors (Lipinski definition) is 0. The molecular weight excluding hydrogens is 374 g/mol. The van der Waals surface area contributed by atoms with E-state index in [4.69, 9.17) is 25.3 Å². The molecule has 136 valence electrons. The lowest BCUT2D eigenvalue weighted by atomic mass is 10.2. The molecule has 0 aliphatic heterocycles. The van der Waals surface area contributed by atoms with Gasteiger partial charge in [-0.2, -0.15) is 4.98 Å². The maximum absolute atomic E-state index is 12.1. The highest BCUT2D eigenvalue weighted by molar-refractivity contribution is 6.30. The number of rotatable bonds is 5. The number of para-hydroxylation sites is 2. The van der Waals surface area contributed by atoms with Crippen LogP contribution in [0.2, 0.25) is 5.02 Å². The largest absolute Gasteiger partial charge is 0.454 e. The van der Waals surface area contributed by atoms with Crippen molar-refractivity contribution in [3.05, 3.63) is 70.0 Å². The average Bonchev–Trinajstić information content (AvgIpc) is 3.25. The van der Waals surface area contributed by atoms with E-state index in [1.54, 1.807) is 48.5 Å². The summed E-state index contributed by atoms with van der Waals surface area (Å²) in [6, 6.07) is 13.8. The molecule has 0 amide bonds. The first-order valence-electron chi connectivity index (χ1n) is 7.93. The summed E-state index contributed by atoms with van der Waals surface area (Å²) in [7, 11) is 0. The van der Waals surface area contributed by atoms with Crippen molar-refractivity contribution in [1.29, 1.82) is 0 Å². The quantitative estimate of drug-likeness (QED) is 0.486. The van der Waals surface area contributed by atoms with Crippen LogP contribution in [-0.2, 0) is 22.7 Å². The van der Waals surface area contributed by atoms with E-state index < -0.39 is 11.7 Å². The van der Waals surface area contributed by atoms with Crippen molar-refractivity contribution >= 4 is 28.7 Å². The Bertz CT molecular complexity index is 1180. The Labute approximate surface area is 156 Å². The second-order valence-electron chi connectivity index (χ2n) is 5.60. The van der Waals surface area contributed by atoms with Gasteiger partial charge in [0.25, 0.3) is 5.89 Å². The Morgan fingerprint density at radius 2 is 2.04 bits per heavy atom. The zero-order valence-corrected chi connectivity index (χ0v) is 14.5. The van der Waals surface area contributed by atoms with Crippen LogP contribution in [0.25, 0.3) is 22.5 Å². The first-order valence-corrected chi connectivity index (χ1v) is 8.30. The molecule has 4 rings (SSSR count). The molecule has 0 unspecified atom stereocenters. The molecule has 0 saturated carbocycles. The van der Waals surface area contributed by atoms with Gasteiger partial charge in [0.05, 0.1) is 5.52 Å². The van der Waals surface area contributed by atoms with Crippen molar-refractivity contribution < 1.29 is 18.5 Å². The fourth-order valence-corrected chi connectivity index (χ4v) is 2.73. The minimum absolute atomic E-state index is 0.128. The number of nitrogens with zero attached hydrogens (tertiary/aromatic N) is 3. The summed E-state index contributed by atoms with van der Waals surface area (Å²) in [4.78, 5) is 28.1. The van der Waals surface area contributed by atoms with Crippen LogP contribution in [0, 0.1) is 0 Å². The molecule has 2 aromatic heterocycles. The molecule has 4 aromatic rings. The Kier molecular flexibility index (Phi) is 4.47. The first kappa shape index (κ1) is 17.0. The Morgan fingerprint density at radius 1 is 1.19 bits per heavy atom. The van der Waals surface area contributed by atoms with Gasteiger partial charge in [0, 0.05) is 10.6 Å². The summed E-state index contributed by atoms with van der Waals surface area (Å²) >= 11 is 5.94. The maximum Gasteiger partial charge on any atom is 0.420 e. The number of carbonyl (C=O) groups excluding carboxylic acids is 1. The number of aromatic nitrogens is 3. The van der Waals surface area contributed by atoms with E-state index in [9.17, 15) is 9.59 Å². The van der Waals surface area contributed by atoms with Gasteiger partial charge < -0.3 is 13.7 Å². The third-order valence-corrected chi connectivity index (χ3v) is 4.00. The summed E-state index contributed by atoms with van der Waals surface area (Å²) in [5.74, 6) is -0.802.